The van der Waals surface area contributed by atoms with Crippen LogP contribution in [-0.2, 0) is 38.6 Å². The van der Waals surface area contributed by atoms with Gasteiger partial charge >= 0.3 is 12.2 Å². The molecule has 4 aliphatic rings. The number of ether oxygens (including phenoxy) is 3. The van der Waals surface area contributed by atoms with E-state index in [1.54, 1.807) is 39.0 Å². The Morgan fingerprint density at radius 1 is 0.981 bits per heavy atom. The fourth-order valence-electron chi connectivity index (χ4n) is 6.61. The van der Waals surface area contributed by atoms with Crippen molar-refractivity contribution < 1.29 is 46.6 Å². The minimum atomic E-state index is -3.93. The summed E-state index contributed by atoms with van der Waals surface area (Å²) in [6.45, 7) is 4.81. The van der Waals surface area contributed by atoms with Gasteiger partial charge in [-0.15, -0.1) is 0 Å². The number of allylic oxidation sites excluding steroid dienone is 1. The molecule has 5 atom stereocenters. The summed E-state index contributed by atoms with van der Waals surface area (Å²) in [6.07, 6.45) is 2.94. The Balaban J connectivity index is 1.22. The topological polar surface area (TPSA) is 199 Å². The van der Waals surface area contributed by atoms with E-state index in [0.29, 0.717) is 31.4 Å². The lowest BCUT2D eigenvalue weighted by atomic mass is 10.1. The number of carbonyl (C=O) groups excluding carboxylic acids is 5. The van der Waals surface area contributed by atoms with Crippen molar-refractivity contribution in [1.82, 2.24) is 20.3 Å². The summed E-state index contributed by atoms with van der Waals surface area (Å²) in [5, 5.41) is 7.35. The summed E-state index contributed by atoms with van der Waals surface area (Å²) >= 11 is 0. The summed E-state index contributed by atoms with van der Waals surface area (Å²) in [7, 11) is -3.93. The van der Waals surface area contributed by atoms with Gasteiger partial charge in [0.1, 0.15) is 29.3 Å². The van der Waals surface area contributed by atoms with Gasteiger partial charge in [0, 0.05) is 24.6 Å². The van der Waals surface area contributed by atoms with Crippen molar-refractivity contribution in [3.05, 3.63) is 66.7 Å². The van der Waals surface area contributed by atoms with E-state index < -0.39 is 80.4 Å². The molecule has 290 valence electrons. The smallest absolute Gasteiger partial charge is 0.411 e. The fraction of sp³-hybridized carbons (Fsp3) is 0.500. The highest BCUT2D eigenvalue weighted by molar-refractivity contribution is 7.91. The average molecular weight is 766 g/mol. The second-order valence-electron chi connectivity index (χ2n) is 15.1. The van der Waals surface area contributed by atoms with Crippen molar-refractivity contribution >= 4 is 45.6 Å². The van der Waals surface area contributed by atoms with E-state index >= 15 is 0 Å². The minimum absolute atomic E-state index is 0.142. The molecule has 2 aliphatic carbocycles. The predicted octanol–water partition coefficient (Wildman–Crippen LogP) is 3.61. The van der Waals surface area contributed by atoms with Gasteiger partial charge in [0.15, 0.2) is 0 Å². The first-order valence-electron chi connectivity index (χ1n) is 18.2. The first kappa shape index (κ1) is 38.8. The summed E-state index contributed by atoms with van der Waals surface area (Å²) in [5.74, 6) is -2.79. The number of nitrogens with one attached hydrogen (secondary N) is 4. The Morgan fingerprint density at radius 3 is 2.37 bits per heavy atom. The highest BCUT2D eigenvalue weighted by atomic mass is 32.2. The van der Waals surface area contributed by atoms with E-state index in [9.17, 15) is 32.4 Å². The van der Waals surface area contributed by atoms with E-state index in [4.69, 9.17) is 14.2 Å². The second-order valence-corrected chi connectivity index (χ2v) is 17.1. The van der Waals surface area contributed by atoms with E-state index in [1.165, 1.54) is 4.90 Å². The molecule has 0 aromatic heterocycles. The van der Waals surface area contributed by atoms with Gasteiger partial charge in [-0.1, -0.05) is 54.6 Å². The lowest BCUT2D eigenvalue weighted by Crippen LogP contribution is -2.59. The van der Waals surface area contributed by atoms with E-state index in [-0.39, 0.29) is 32.6 Å². The lowest BCUT2D eigenvalue weighted by Gasteiger charge is -2.30. The molecule has 54 heavy (non-hydrogen) atoms. The maximum atomic E-state index is 14.2. The maximum absolute atomic E-state index is 14.2. The summed E-state index contributed by atoms with van der Waals surface area (Å²) in [6, 6.07) is 14.3. The van der Waals surface area contributed by atoms with Gasteiger partial charge in [0.2, 0.25) is 21.8 Å². The zero-order chi connectivity index (χ0) is 38.7. The molecule has 0 unspecified atom stereocenters. The van der Waals surface area contributed by atoms with Gasteiger partial charge in [-0.2, -0.15) is 0 Å². The number of fused-ring (bicyclic) bond motifs is 2. The predicted molar refractivity (Wildman–Crippen MR) is 197 cm³/mol. The van der Waals surface area contributed by atoms with Crippen molar-refractivity contribution in [2.75, 3.05) is 25.1 Å². The molecule has 4 N–H and O–H groups in total. The number of hydrogen-bond donors (Lipinski definition) is 4. The van der Waals surface area contributed by atoms with Crippen molar-refractivity contribution in [2.24, 2.45) is 5.92 Å². The van der Waals surface area contributed by atoms with Gasteiger partial charge in [0.05, 0.1) is 18.4 Å². The van der Waals surface area contributed by atoms with Crippen LogP contribution in [0.4, 0.5) is 15.3 Å². The number of carbonyl (C=O) groups is 5. The number of alkyl carbamates (subject to hydrolysis) is 1. The van der Waals surface area contributed by atoms with Gasteiger partial charge < -0.3 is 29.7 Å². The Labute approximate surface area is 314 Å². The first-order chi connectivity index (χ1) is 25.6. The molecule has 3 fully saturated rings. The zero-order valence-corrected chi connectivity index (χ0v) is 31.4. The van der Waals surface area contributed by atoms with Crippen LogP contribution >= 0.6 is 0 Å². The van der Waals surface area contributed by atoms with E-state index in [0.717, 1.165) is 11.1 Å². The van der Waals surface area contributed by atoms with Crippen LogP contribution in [0, 0.1) is 5.92 Å². The van der Waals surface area contributed by atoms with Crippen LogP contribution < -0.4 is 20.7 Å². The monoisotopic (exact) mass is 765 g/mol. The van der Waals surface area contributed by atoms with Gasteiger partial charge in [-0.05, 0) is 76.1 Å². The number of amides is 5. The molecule has 0 bridgehead atoms. The number of hydrogen-bond acceptors (Lipinski definition) is 10. The number of benzene rings is 2. The number of anilines is 1. The first-order valence-corrected chi connectivity index (χ1v) is 19.7. The van der Waals surface area contributed by atoms with Crippen LogP contribution in [0.3, 0.4) is 0 Å². The molecule has 2 aromatic rings. The largest absolute Gasteiger partial charge is 0.444 e. The molecule has 0 spiro atoms. The van der Waals surface area contributed by atoms with Gasteiger partial charge in [-0.25, -0.2) is 18.0 Å². The highest BCUT2D eigenvalue weighted by Crippen LogP contribution is 2.46. The Bertz CT molecular complexity index is 1880. The van der Waals surface area contributed by atoms with Crippen LogP contribution in [0.5, 0.6) is 0 Å². The maximum Gasteiger partial charge on any atom is 0.411 e. The Hall–Kier alpha value is -4.96. The van der Waals surface area contributed by atoms with Crippen molar-refractivity contribution in [3.63, 3.8) is 0 Å². The second kappa shape index (κ2) is 15.8. The third-order valence-corrected chi connectivity index (χ3v) is 11.4. The summed E-state index contributed by atoms with van der Waals surface area (Å²) in [5.41, 5.74) is -0.0272. The van der Waals surface area contributed by atoms with E-state index in [1.807, 2.05) is 48.5 Å². The van der Waals surface area contributed by atoms with Gasteiger partial charge in [-0.3, -0.25) is 24.4 Å². The van der Waals surface area contributed by atoms with Gasteiger partial charge in [0.25, 0.3) is 5.91 Å². The van der Waals surface area contributed by atoms with E-state index in [2.05, 4.69) is 20.7 Å². The Kier molecular flexibility index (Phi) is 11.3. The molecule has 2 aromatic carbocycles. The average Bonchev–Trinajstić information content (AvgIpc) is 4.04. The van der Waals surface area contributed by atoms with Crippen LogP contribution in [0.15, 0.2) is 66.7 Å². The molecule has 0 radical (unpaired) electrons. The molecular formula is C38H47N5O10S. The lowest BCUT2D eigenvalue weighted by molar-refractivity contribution is -0.142. The van der Waals surface area contributed by atoms with Crippen molar-refractivity contribution in [2.45, 2.75) is 93.9 Å². The molecule has 5 amide bonds. The molecule has 2 heterocycles. The number of rotatable bonds is 7. The normalized spacial score (nSPS) is 26.8. The van der Waals surface area contributed by atoms with Crippen molar-refractivity contribution in [3.8, 4) is 11.1 Å². The highest BCUT2D eigenvalue weighted by Gasteiger charge is 2.62. The fourth-order valence-corrected chi connectivity index (χ4v) is 7.97. The zero-order valence-electron chi connectivity index (χ0n) is 30.5. The third kappa shape index (κ3) is 9.58. The molecule has 2 aliphatic heterocycles. The Morgan fingerprint density at radius 2 is 1.69 bits per heavy atom. The van der Waals surface area contributed by atoms with Crippen LogP contribution in [0.25, 0.3) is 11.1 Å². The number of sulfonamides is 1. The van der Waals surface area contributed by atoms with Crippen molar-refractivity contribution in [1.29, 1.82) is 0 Å². The summed E-state index contributed by atoms with van der Waals surface area (Å²) < 4.78 is 44.6. The molecule has 6 rings (SSSR count). The number of nitrogens with zero attached hydrogens (tertiary/aromatic N) is 1. The SMILES string of the molecule is CC(C)(C)OC(=O)N[C@H]1COCCC/C=C\[C@@H]2C[C@@]2(C(=O)NS(=O)(=O)C2CC2)NC(=O)[C@@H]2C[C@@H](OC(=O)Nc3ccc(-c4ccccc4)cc3)CN2C1=O. The third-order valence-electron chi connectivity index (χ3n) is 9.63. The minimum Gasteiger partial charge on any atom is -0.444 e. The van der Waals surface area contributed by atoms with Crippen LogP contribution in [0.2, 0.25) is 0 Å². The molecule has 1 saturated heterocycles. The molecule has 16 heteroatoms. The molecular weight excluding hydrogens is 719 g/mol. The summed E-state index contributed by atoms with van der Waals surface area (Å²) in [4.78, 5) is 69.2. The quantitative estimate of drug-likeness (QED) is 0.302. The molecule has 2 saturated carbocycles. The molecule has 15 nitrogen and oxygen atoms in total. The standard InChI is InChI=1S/C38H47N5O10S/c1-37(2,3)53-36(48)40-30-23-51-19-9-5-8-12-26-21-38(26,34(46)42-54(49,50)29-17-18-29)41-32(44)31-20-28(22-43(31)33(30)45)52-35(47)39-27-15-13-25(14-16-27)24-10-6-4-7-11-24/h4,6-8,10-16,26,28-31H,5,9,17-23H2,1-3H3,(H,39,47)(H,40,48)(H,41,44)(H,42,46)/b12-8-/t26-,28-,30+,31+,38-/m1/s1. The van der Waals surface area contributed by atoms with Crippen LogP contribution in [-0.4, -0.2) is 97.6 Å². The van der Waals surface area contributed by atoms with Crippen LogP contribution in [0.1, 0.15) is 59.3 Å².